The van der Waals surface area contributed by atoms with Crippen molar-refractivity contribution in [3.05, 3.63) is 35.9 Å². The maximum atomic E-state index is 6.56. The fraction of sp³-hybridized carbons (Fsp3) is 0.600. The van der Waals surface area contributed by atoms with Crippen molar-refractivity contribution in [2.24, 2.45) is 0 Å². The van der Waals surface area contributed by atoms with Crippen molar-refractivity contribution in [3.8, 4) is 34.5 Å². The zero-order chi connectivity index (χ0) is 36.4. The molecule has 0 saturated carbocycles. The van der Waals surface area contributed by atoms with Crippen LogP contribution in [-0.4, -0.2) is 40.6 Å². The predicted octanol–water partition coefficient (Wildman–Crippen LogP) is 13.3. The van der Waals surface area contributed by atoms with Gasteiger partial charge in [-0.25, -0.2) is 0 Å². The van der Waals surface area contributed by atoms with Gasteiger partial charge >= 0.3 is 0 Å². The standard InChI is InChI=1S/C45H66O6/c1-8-12-16-20-24-48-39-28-34-35-29-41(50-26-22-18-14-10-3)42(51-27-23-19-15-11-4)31-37(35)44-33(5)45(47-7)43(46-6)32-38(44)36(34)30-40(39)49-25-21-17-13-9-2/h28-32H,8-27H2,1-7H3. The van der Waals surface area contributed by atoms with Crippen molar-refractivity contribution in [2.75, 3.05) is 40.6 Å². The minimum Gasteiger partial charge on any atom is -0.493 e. The normalized spacial score (nSPS) is 11.4. The van der Waals surface area contributed by atoms with Crippen molar-refractivity contribution in [2.45, 2.75) is 137 Å². The van der Waals surface area contributed by atoms with Crippen LogP contribution in [-0.2, 0) is 0 Å². The number of hydrogen-bond donors (Lipinski definition) is 0. The van der Waals surface area contributed by atoms with E-state index in [-0.39, 0.29) is 0 Å². The molecule has 0 heterocycles. The lowest BCUT2D eigenvalue weighted by molar-refractivity contribution is 0.259. The van der Waals surface area contributed by atoms with Gasteiger partial charge in [0, 0.05) is 5.56 Å². The maximum Gasteiger partial charge on any atom is 0.164 e. The van der Waals surface area contributed by atoms with Crippen LogP contribution < -0.4 is 28.4 Å². The molecule has 0 fully saturated rings. The first-order chi connectivity index (χ1) is 25.0. The predicted molar refractivity (Wildman–Crippen MR) is 215 cm³/mol. The largest absolute Gasteiger partial charge is 0.493 e. The van der Waals surface area contributed by atoms with Gasteiger partial charge in [0.15, 0.2) is 34.5 Å². The Morgan fingerprint density at radius 2 is 0.686 bits per heavy atom. The van der Waals surface area contributed by atoms with Crippen molar-refractivity contribution in [1.29, 1.82) is 0 Å². The van der Waals surface area contributed by atoms with E-state index in [1.807, 2.05) is 0 Å². The van der Waals surface area contributed by atoms with Crippen molar-refractivity contribution in [3.63, 3.8) is 0 Å². The third-order valence-corrected chi connectivity index (χ3v) is 9.95. The van der Waals surface area contributed by atoms with E-state index in [0.717, 1.165) is 118 Å². The highest BCUT2D eigenvalue weighted by Gasteiger charge is 2.22. The Morgan fingerprint density at radius 3 is 1.00 bits per heavy atom. The minimum absolute atomic E-state index is 0.661. The van der Waals surface area contributed by atoms with Gasteiger partial charge in [-0.2, -0.15) is 0 Å². The molecule has 0 bridgehead atoms. The van der Waals surface area contributed by atoms with E-state index >= 15 is 0 Å². The lowest BCUT2D eigenvalue weighted by atomic mass is 9.90. The SMILES string of the molecule is CCCCCCOc1cc2c3cc(OCCCCCC)c(OCCCCCC)cc3c3c(C)c(OC)c(OC)cc3c2cc1OCCCCCC. The first kappa shape index (κ1) is 40.2. The monoisotopic (exact) mass is 702 g/mol. The van der Waals surface area contributed by atoms with Crippen LogP contribution in [0.1, 0.15) is 136 Å². The van der Waals surface area contributed by atoms with Crippen molar-refractivity contribution in [1.82, 2.24) is 0 Å². The van der Waals surface area contributed by atoms with Crippen LogP contribution in [0.2, 0.25) is 0 Å². The second kappa shape index (κ2) is 21.7. The van der Waals surface area contributed by atoms with E-state index in [9.17, 15) is 0 Å². The summed E-state index contributed by atoms with van der Waals surface area (Å²) in [5, 5.41) is 6.57. The second-order valence-corrected chi connectivity index (χ2v) is 14.0. The highest BCUT2D eigenvalue weighted by molar-refractivity contribution is 6.27. The van der Waals surface area contributed by atoms with E-state index in [4.69, 9.17) is 28.4 Å². The molecular weight excluding hydrogens is 636 g/mol. The average Bonchev–Trinajstić information content (AvgIpc) is 3.14. The van der Waals surface area contributed by atoms with Crippen molar-refractivity contribution >= 4 is 32.3 Å². The summed E-state index contributed by atoms with van der Waals surface area (Å²) in [6.45, 7) is 13.7. The summed E-state index contributed by atoms with van der Waals surface area (Å²) < 4.78 is 38.1. The number of hydrogen-bond acceptors (Lipinski definition) is 6. The molecule has 0 amide bonds. The number of benzene rings is 4. The molecule has 0 aliphatic heterocycles. The molecule has 4 aromatic rings. The second-order valence-electron chi connectivity index (χ2n) is 14.0. The van der Waals surface area contributed by atoms with Crippen LogP contribution in [0.25, 0.3) is 32.3 Å². The molecule has 0 saturated heterocycles. The zero-order valence-corrected chi connectivity index (χ0v) is 33.0. The zero-order valence-electron chi connectivity index (χ0n) is 33.0. The lowest BCUT2D eigenvalue weighted by Crippen LogP contribution is -2.04. The Hall–Kier alpha value is -3.54. The summed E-state index contributed by atoms with van der Waals surface area (Å²) in [4.78, 5) is 0. The van der Waals surface area contributed by atoms with Gasteiger partial charge in [-0.3, -0.25) is 0 Å². The van der Waals surface area contributed by atoms with Gasteiger partial charge < -0.3 is 28.4 Å². The molecule has 0 aliphatic carbocycles. The third-order valence-electron chi connectivity index (χ3n) is 9.95. The first-order valence-electron chi connectivity index (χ1n) is 20.2. The van der Waals surface area contributed by atoms with Crippen LogP contribution in [0.5, 0.6) is 34.5 Å². The van der Waals surface area contributed by atoms with Gasteiger partial charge in [-0.15, -0.1) is 0 Å². The molecule has 0 N–H and O–H groups in total. The minimum atomic E-state index is 0.661. The highest BCUT2D eigenvalue weighted by atomic mass is 16.5. The number of rotatable bonds is 26. The fourth-order valence-corrected chi connectivity index (χ4v) is 7.02. The molecule has 0 radical (unpaired) electrons. The summed E-state index contributed by atoms with van der Waals surface area (Å²) in [5.41, 5.74) is 1.03. The van der Waals surface area contributed by atoms with E-state index < -0.39 is 0 Å². The average molecular weight is 703 g/mol. The summed E-state index contributed by atoms with van der Waals surface area (Å²) >= 11 is 0. The van der Waals surface area contributed by atoms with E-state index in [1.165, 1.54) is 51.4 Å². The van der Waals surface area contributed by atoms with Gasteiger partial charge in [-0.05, 0) is 95.3 Å². The highest BCUT2D eigenvalue weighted by Crippen LogP contribution is 2.48. The number of fused-ring (bicyclic) bond motifs is 6. The van der Waals surface area contributed by atoms with E-state index in [0.29, 0.717) is 32.2 Å². The van der Waals surface area contributed by atoms with Gasteiger partial charge in [0.1, 0.15) is 0 Å². The van der Waals surface area contributed by atoms with Crippen LogP contribution >= 0.6 is 0 Å². The molecule has 6 nitrogen and oxygen atoms in total. The van der Waals surface area contributed by atoms with Crippen LogP contribution in [0.15, 0.2) is 30.3 Å². The Balaban J connectivity index is 1.95. The number of unbranched alkanes of at least 4 members (excludes halogenated alkanes) is 12. The smallest absolute Gasteiger partial charge is 0.164 e. The molecule has 51 heavy (non-hydrogen) atoms. The molecule has 0 atom stereocenters. The maximum absolute atomic E-state index is 6.56. The molecular formula is C45H66O6. The number of methoxy groups -OCH3 is 2. The molecule has 0 spiro atoms. The fourth-order valence-electron chi connectivity index (χ4n) is 7.02. The molecule has 4 aromatic carbocycles. The van der Waals surface area contributed by atoms with Gasteiger partial charge in [0.2, 0.25) is 0 Å². The third kappa shape index (κ3) is 10.7. The van der Waals surface area contributed by atoms with Gasteiger partial charge in [-0.1, -0.05) is 105 Å². The summed E-state index contributed by atoms with van der Waals surface area (Å²) in [6, 6.07) is 10.9. The van der Waals surface area contributed by atoms with Crippen LogP contribution in [0, 0.1) is 6.92 Å². The first-order valence-corrected chi connectivity index (χ1v) is 20.2. The Kier molecular flexibility index (Phi) is 17.1. The molecule has 0 aliphatic rings. The van der Waals surface area contributed by atoms with E-state index in [2.05, 4.69) is 65.0 Å². The number of ether oxygens (including phenoxy) is 6. The molecule has 282 valence electrons. The van der Waals surface area contributed by atoms with Gasteiger partial charge in [0.05, 0.1) is 40.6 Å². The Bertz CT molecular complexity index is 1640. The Morgan fingerprint density at radius 1 is 0.373 bits per heavy atom. The van der Waals surface area contributed by atoms with Crippen molar-refractivity contribution < 1.29 is 28.4 Å². The molecule has 0 unspecified atom stereocenters. The number of aryl methyl sites for hydroxylation is 1. The summed E-state index contributed by atoms with van der Waals surface area (Å²) in [5.74, 6) is 4.63. The topological polar surface area (TPSA) is 55.4 Å². The van der Waals surface area contributed by atoms with Crippen LogP contribution in [0.4, 0.5) is 0 Å². The summed E-state index contributed by atoms with van der Waals surface area (Å²) in [7, 11) is 3.42. The quantitative estimate of drug-likeness (QED) is 0.0479. The molecule has 6 heteroatoms. The van der Waals surface area contributed by atoms with Gasteiger partial charge in [0.25, 0.3) is 0 Å². The lowest BCUT2D eigenvalue weighted by Gasteiger charge is -2.21. The molecule has 0 aromatic heterocycles. The summed E-state index contributed by atoms with van der Waals surface area (Å²) in [6.07, 6.45) is 18.4. The molecule has 4 rings (SSSR count). The van der Waals surface area contributed by atoms with E-state index in [1.54, 1.807) is 14.2 Å². The van der Waals surface area contributed by atoms with Crippen LogP contribution in [0.3, 0.4) is 0 Å². The Labute approximate surface area is 308 Å².